The number of amides is 3. The number of halogens is 1. The number of aryl methyl sites for hydroxylation is 1. The zero-order chi connectivity index (χ0) is 16.2. The van der Waals surface area contributed by atoms with Gasteiger partial charge < -0.3 is 16.0 Å². The summed E-state index contributed by atoms with van der Waals surface area (Å²) < 4.78 is 0. The molecule has 1 heterocycles. The van der Waals surface area contributed by atoms with E-state index in [4.69, 9.17) is 11.6 Å². The minimum absolute atomic E-state index is 0.0324. The van der Waals surface area contributed by atoms with Gasteiger partial charge in [0.05, 0.1) is 0 Å². The summed E-state index contributed by atoms with van der Waals surface area (Å²) in [5, 5.41) is 9.01. The molecule has 1 aliphatic heterocycles. The average Bonchev–Trinajstić information content (AvgIpc) is 2.70. The first kappa shape index (κ1) is 15.4. The summed E-state index contributed by atoms with van der Waals surface area (Å²) in [6.45, 7) is 0. The molecule has 0 saturated carbocycles. The van der Waals surface area contributed by atoms with Crippen molar-refractivity contribution in [1.82, 2.24) is 0 Å². The van der Waals surface area contributed by atoms with Gasteiger partial charge in [0.15, 0.2) is 0 Å². The SMILES string of the molecule is O=C1CCCc2cc(NC(=O)Nc3ccc(Cl)cc3)ccc2N1. The molecule has 3 N–H and O–H groups in total. The molecule has 23 heavy (non-hydrogen) atoms. The van der Waals surface area contributed by atoms with Crippen LogP contribution in [-0.4, -0.2) is 11.9 Å². The van der Waals surface area contributed by atoms with Gasteiger partial charge >= 0.3 is 6.03 Å². The van der Waals surface area contributed by atoms with Crippen molar-refractivity contribution in [3.05, 3.63) is 53.1 Å². The van der Waals surface area contributed by atoms with Crippen molar-refractivity contribution < 1.29 is 9.59 Å². The number of carbonyl (C=O) groups excluding carboxylic acids is 2. The fourth-order valence-electron chi connectivity index (χ4n) is 2.48. The van der Waals surface area contributed by atoms with Crippen LogP contribution in [0.3, 0.4) is 0 Å². The zero-order valence-electron chi connectivity index (χ0n) is 12.4. The van der Waals surface area contributed by atoms with Gasteiger partial charge in [-0.3, -0.25) is 4.79 Å². The molecule has 0 aromatic heterocycles. The lowest BCUT2D eigenvalue weighted by molar-refractivity contribution is -0.116. The lowest BCUT2D eigenvalue weighted by Gasteiger charge is -2.11. The quantitative estimate of drug-likeness (QED) is 0.770. The van der Waals surface area contributed by atoms with Crippen molar-refractivity contribution >= 4 is 40.6 Å². The summed E-state index contributed by atoms with van der Waals surface area (Å²) >= 11 is 5.81. The highest BCUT2D eigenvalue weighted by Crippen LogP contribution is 2.25. The summed E-state index contributed by atoms with van der Waals surface area (Å²) in [4.78, 5) is 23.6. The fourth-order valence-corrected chi connectivity index (χ4v) is 2.61. The number of benzene rings is 2. The fraction of sp³-hybridized carbons (Fsp3) is 0.176. The molecule has 2 aromatic rings. The number of urea groups is 1. The van der Waals surface area contributed by atoms with E-state index >= 15 is 0 Å². The minimum Gasteiger partial charge on any atom is -0.326 e. The maximum Gasteiger partial charge on any atom is 0.323 e. The molecular formula is C17H16ClN3O2. The second-order valence-electron chi connectivity index (χ2n) is 5.36. The van der Waals surface area contributed by atoms with Gasteiger partial charge in [-0.05, 0) is 60.9 Å². The van der Waals surface area contributed by atoms with Gasteiger partial charge in [0, 0.05) is 28.5 Å². The summed E-state index contributed by atoms with van der Waals surface area (Å²) in [7, 11) is 0. The van der Waals surface area contributed by atoms with E-state index in [2.05, 4.69) is 16.0 Å². The molecule has 0 bridgehead atoms. The lowest BCUT2D eigenvalue weighted by atomic mass is 10.1. The molecule has 0 radical (unpaired) electrons. The molecule has 0 spiro atoms. The maximum absolute atomic E-state index is 12.0. The van der Waals surface area contributed by atoms with Crippen molar-refractivity contribution in [2.24, 2.45) is 0 Å². The molecule has 0 saturated heterocycles. The van der Waals surface area contributed by atoms with E-state index in [0.717, 1.165) is 24.1 Å². The Hall–Kier alpha value is -2.53. The minimum atomic E-state index is -0.329. The Labute approximate surface area is 139 Å². The van der Waals surface area contributed by atoms with Gasteiger partial charge in [-0.25, -0.2) is 4.79 Å². The van der Waals surface area contributed by atoms with Crippen LogP contribution in [0.5, 0.6) is 0 Å². The molecule has 1 aliphatic rings. The third kappa shape index (κ3) is 4.02. The Morgan fingerprint density at radius 2 is 1.70 bits per heavy atom. The summed E-state index contributed by atoms with van der Waals surface area (Å²) in [6.07, 6.45) is 2.14. The van der Waals surface area contributed by atoms with Crippen molar-refractivity contribution in [3.8, 4) is 0 Å². The molecule has 0 unspecified atom stereocenters. The second kappa shape index (κ2) is 6.71. The summed E-state index contributed by atoms with van der Waals surface area (Å²) in [6, 6.07) is 12.0. The van der Waals surface area contributed by atoms with Crippen molar-refractivity contribution in [3.63, 3.8) is 0 Å². The first-order chi connectivity index (χ1) is 11.1. The third-order valence-electron chi connectivity index (χ3n) is 3.59. The van der Waals surface area contributed by atoms with E-state index in [9.17, 15) is 9.59 Å². The van der Waals surface area contributed by atoms with E-state index in [1.807, 2.05) is 12.1 Å². The predicted molar refractivity (Wildman–Crippen MR) is 92.1 cm³/mol. The van der Waals surface area contributed by atoms with E-state index in [1.54, 1.807) is 30.3 Å². The lowest BCUT2D eigenvalue weighted by Crippen LogP contribution is -2.19. The highest BCUT2D eigenvalue weighted by Gasteiger charge is 2.13. The van der Waals surface area contributed by atoms with Crippen molar-refractivity contribution in [2.75, 3.05) is 16.0 Å². The van der Waals surface area contributed by atoms with Crippen LogP contribution in [-0.2, 0) is 11.2 Å². The normalized spacial score (nSPS) is 13.5. The second-order valence-corrected chi connectivity index (χ2v) is 5.80. The van der Waals surface area contributed by atoms with Crippen LogP contribution in [0.2, 0.25) is 5.02 Å². The third-order valence-corrected chi connectivity index (χ3v) is 3.84. The molecule has 0 fully saturated rings. The van der Waals surface area contributed by atoms with Crippen LogP contribution in [0.1, 0.15) is 18.4 Å². The predicted octanol–water partition coefficient (Wildman–Crippen LogP) is 4.26. The first-order valence-electron chi connectivity index (χ1n) is 7.36. The Morgan fingerprint density at radius 1 is 1.00 bits per heavy atom. The molecule has 0 aliphatic carbocycles. The van der Waals surface area contributed by atoms with Crippen LogP contribution >= 0.6 is 11.6 Å². The highest BCUT2D eigenvalue weighted by atomic mass is 35.5. The summed E-state index contributed by atoms with van der Waals surface area (Å²) in [5.41, 5.74) is 3.19. The molecule has 5 nitrogen and oxygen atoms in total. The number of carbonyl (C=O) groups is 2. The number of rotatable bonds is 2. The number of fused-ring (bicyclic) bond motifs is 1. The smallest absolute Gasteiger partial charge is 0.323 e. The van der Waals surface area contributed by atoms with Gasteiger partial charge in [0.25, 0.3) is 0 Å². The Bertz CT molecular complexity index is 744. The van der Waals surface area contributed by atoms with E-state index in [1.165, 1.54) is 0 Å². The van der Waals surface area contributed by atoms with Crippen molar-refractivity contribution in [2.45, 2.75) is 19.3 Å². The van der Waals surface area contributed by atoms with Crippen LogP contribution in [0, 0.1) is 0 Å². The van der Waals surface area contributed by atoms with Gasteiger partial charge in [0.1, 0.15) is 0 Å². The van der Waals surface area contributed by atoms with Gasteiger partial charge in [-0.15, -0.1) is 0 Å². The van der Waals surface area contributed by atoms with Gasteiger partial charge in [-0.1, -0.05) is 11.6 Å². The van der Waals surface area contributed by atoms with E-state index in [-0.39, 0.29) is 11.9 Å². The highest BCUT2D eigenvalue weighted by molar-refractivity contribution is 6.30. The van der Waals surface area contributed by atoms with Gasteiger partial charge in [-0.2, -0.15) is 0 Å². The number of nitrogens with one attached hydrogen (secondary N) is 3. The number of hydrogen-bond acceptors (Lipinski definition) is 2. The largest absolute Gasteiger partial charge is 0.326 e. The Balaban J connectivity index is 1.68. The van der Waals surface area contributed by atoms with Crippen molar-refractivity contribution in [1.29, 1.82) is 0 Å². The number of anilines is 3. The maximum atomic E-state index is 12.0. The Kier molecular flexibility index (Phi) is 4.48. The van der Waals surface area contributed by atoms with E-state index < -0.39 is 0 Å². The molecule has 3 rings (SSSR count). The average molecular weight is 330 g/mol. The van der Waals surface area contributed by atoms with Crippen LogP contribution in [0.25, 0.3) is 0 Å². The molecule has 118 valence electrons. The van der Waals surface area contributed by atoms with E-state index in [0.29, 0.717) is 22.8 Å². The molecule has 6 heteroatoms. The first-order valence-corrected chi connectivity index (χ1v) is 7.74. The summed E-state index contributed by atoms with van der Waals surface area (Å²) in [5.74, 6) is 0.0324. The topological polar surface area (TPSA) is 70.2 Å². The molecular weight excluding hydrogens is 314 g/mol. The zero-order valence-corrected chi connectivity index (χ0v) is 13.1. The molecule has 0 atom stereocenters. The van der Waals surface area contributed by atoms with Gasteiger partial charge in [0.2, 0.25) is 5.91 Å². The standard InChI is InChI=1S/C17H16ClN3O2/c18-12-4-6-13(7-5-12)19-17(23)20-14-8-9-15-11(10-14)2-1-3-16(22)21-15/h4-10H,1-3H2,(H,21,22)(H2,19,20,23). The van der Waals surface area contributed by atoms with Crippen LogP contribution < -0.4 is 16.0 Å². The van der Waals surface area contributed by atoms with Crippen LogP contribution in [0.4, 0.5) is 21.9 Å². The molecule has 3 amide bonds. The number of hydrogen-bond donors (Lipinski definition) is 3. The van der Waals surface area contributed by atoms with Crippen LogP contribution in [0.15, 0.2) is 42.5 Å². The monoisotopic (exact) mass is 329 g/mol. The Morgan fingerprint density at radius 3 is 2.48 bits per heavy atom. The molecule has 2 aromatic carbocycles.